The number of hydrogen-bond donors (Lipinski definition) is 1. The van der Waals surface area contributed by atoms with Gasteiger partial charge in [-0.3, -0.25) is 4.90 Å². The van der Waals surface area contributed by atoms with E-state index in [0.29, 0.717) is 19.2 Å². The van der Waals surface area contributed by atoms with Crippen LogP contribution >= 0.6 is 0 Å². The van der Waals surface area contributed by atoms with Crippen molar-refractivity contribution in [1.82, 2.24) is 4.90 Å². The summed E-state index contributed by atoms with van der Waals surface area (Å²) in [6, 6.07) is 5.25. The van der Waals surface area contributed by atoms with Gasteiger partial charge in [-0.05, 0) is 37.9 Å². The first-order chi connectivity index (χ1) is 9.19. The number of nitrogens with two attached hydrogens (primary N) is 1. The minimum Gasteiger partial charge on any atom is -0.377 e. The third-order valence-electron chi connectivity index (χ3n) is 3.58. The van der Waals surface area contributed by atoms with Crippen molar-refractivity contribution in [3.8, 4) is 0 Å². The fraction of sp³-hybridized carbons (Fsp3) is 0.600. The molecule has 1 aromatic rings. The van der Waals surface area contributed by atoms with E-state index in [-0.39, 0.29) is 5.82 Å². The molecular formula is C15H23FN2O. The largest absolute Gasteiger partial charge is 0.377 e. The highest BCUT2D eigenvalue weighted by molar-refractivity contribution is 5.24. The van der Waals surface area contributed by atoms with Crippen LogP contribution in [0.15, 0.2) is 18.2 Å². The molecule has 0 amide bonds. The van der Waals surface area contributed by atoms with Crippen LogP contribution in [0, 0.1) is 5.82 Å². The monoisotopic (exact) mass is 266 g/mol. The molecule has 0 saturated carbocycles. The Balaban J connectivity index is 1.88. The highest BCUT2D eigenvalue weighted by Crippen LogP contribution is 2.16. The highest BCUT2D eigenvalue weighted by Gasteiger charge is 2.16. The molecule has 1 aliphatic heterocycles. The molecule has 3 nitrogen and oxygen atoms in total. The minimum atomic E-state index is -0.167. The summed E-state index contributed by atoms with van der Waals surface area (Å²) in [5.41, 5.74) is 7.05. The number of ether oxygens (including phenoxy) is 1. The molecule has 0 aliphatic carbocycles. The maximum atomic E-state index is 13.9. The van der Waals surface area contributed by atoms with E-state index in [0.717, 1.165) is 37.1 Å². The second kappa shape index (κ2) is 6.98. The molecule has 0 radical (unpaired) electrons. The summed E-state index contributed by atoms with van der Waals surface area (Å²) in [6.07, 6.45) is 3.80. The summed E-state index contributed by atoms with van der Waals surface area (Å²) >= 11 is 0. The molecule has 2 rings (SSSR count). The molecule has 2 N–H and O–H groups in total. The maximum Gasteiger partial charge on any atom is 0.128 e. The van der Waals surface area contributed by atoms with Gasteiger partial charge < -0.3 is 10.5 Å². The zero-order valence-corrected chi connectivity index (χ0v) is 11.6. The summed E-state index contributed by atoms with van der Waals surface area (Å²) in [6.45, 7) is 2.70. The fourth-order valence-electron chi connectivity index (χ4n) is 2.50. The highest BCUT2D eigenvalue weighted by atomic mass is 19.1. The first-order valence-electron chi connectivity index (χ1n) is 6.96. The Labute approximate surface area is 114 Å². The normalized spacial score (nSPS) is 19.9. The van der Waals surface area contributed by atoms with E-state index in [1.54, 1.807) is 0 Å². The van der Waals surface area contributed by atoms with Crippen LogP contribution in [0.5, 0.6) is 0 Å². The van der Waals surface area contributed by atoms with E-state index in [9.17, 15) is 4.39 Å². The topological polar surface area (TPSA) is 38.5 Å². The Bertz CT molecular complexity index is 405. The molecule has 4 heteroatoms. The number of nitrogens with zero attached hydrogens (tertiary/aromatic N) is 1. The van der Waals surface area contributed by atoms with Gasteiger partial charge in [0.05, 0.1) is 6.10 Å². The first-order valence-corrected chi connectivity index (χ1v) is 6.96. The van der Waals surface area contributed by atoms with Gasteiger partial charge in [-0.15, -0.1) is 0 Å². The van der Waals surface area contributed by atoms with E-state index >= 15 is 0 Å². The summed E-state index contributed by atoms with van der Waals surface area (Å²) in [5, 5.41) is 0. The fourth-order valence-corrected chi connectivity index (χ4v) is 2.50. The molecule has 1 unspecified atom stereocenters. The van der Waals surface area contributed by atoms with Crippen LogP contribution in [0.1, 0.15) is 30.4 Å². The lowest BCUT2D eigenvalue weighted by atomic mass is 10.1. The van der Waals surface area contributed by atoms with Crippen molar-refractivity contribution in [2.45, 2.75) is 38.5 Å². The zero-order valence-electron chi connectivity index (χ0n) is 11.6. The molecule has 1 fully saturated rings. The van der Waals surface area contributed by atoms with Crippen LogP contribution in [0.3, 0.4) is 0 Å². The summed E-state index contributed by atoms with van der Waals surface area (Å²) in [5.74, 6) is -0.167. The molecule has 0 aromatic heterocycles. The Hall–Kier alpha value is -0.970. The molecule has 1 saturated heterocycles. The van der Waals surface area contributed by atoms with Crippen LogP contribution in [-0.2, 0) is 17.8 Å². The van der Waals surface area contributed by atoms with Crippen LogP contribution in [0.25, 0.3) is 0 Å². The van der Waals surface area contributed by atoms with E-state index < -0.39 is 0 Å². The van der Waals surface area contributed by atoms with Crippen molar-refractivity contribution in [1.29, 1.82) is 0 Å². The van der Waals surface area contributed by atoms with Crippen molar-refractivity contribution >= 4 is 0 Å². The molecule has 1 heterocycles. The van der Waals surface area contributed by atoms with Crippen molar-refractivity contribution in [3.63, 3.8) is 0 Å². The third-order valence-corrected chi connectivity index (χ3v) is 3.58. The van der Waals surface area contributed by atoms with Crippen LogP contribution < -0.4 is 5.73 Å². The molecule has 0 bridgehead atoms. The lowest BCUT2D eigenvalue weighted by Crippen LogP contribution is -2.33. The number of benzene rings is 1. The molecule has 1 aromatic carbocycles. The van der Waals surface area contributed by atoms with Gasteiger partial charge >= 0.3 is 0 Å². The molecule has 1 aliphatic rings. The SMILES string of the molecule is CN(Cc1ccc(CN)cc1F)CC1CCCCO1. The predicted molar refractivity (Wildman–Crippen MR) is 74.2 cm³/mol. The van der Waals surface area contributed by atoms with E-state index in [2.05, 4.69) is 4.90 Å². The van der Waals surface area contributed by atoms with Gasteiger partial charge in [0.25, 0.3) is 0 Å². The molecular weight excluding hydrogens is 243 g/mol. The molecule has 0 spiro atoms. The second-order valence-electron chi connectivity index (χ2n) is 5.32. The van der Waals surface area contributed by atoms with E-state index in [1.807, 2.05) is 19.2 Å². The average Bonchev–Trinajstić information content (AvgIpc) is 2.42. The number of halogens is 1. The average molecular weight is 266 g/mol. The lowest BCUT2D eigenvalue weighted by molar-refractivity contribution is -0.00272. The smallest absolute Gasteiger partial charge is 0.128 e. The Kier molecular flexibility index (Phi) is 5.31. The second-order valence-corrected chi connectivity index (χ2v) is 5.32. The maximum absolute atomic E-state index is 13.9. The third kappa shape index (κ3) is 4.27. The van der Waals surface area contributed by atoms with Crippen molar-refractivity contribution in [2.24, 2.45) is 5.73 Å². The van der Waals surface area contributed by atoms with Gasteiger partial charge in [0, 0.05) is 31.8 Å². The molecule has 106 valence electrons. The van der Waals surface area contributed by atoms with Gasteiger partial charge in [0.1, 0.15) is 5.82 Å². The van der Waals surface area contributed by atoms with Gasteiger partial charge in [0.15, 0.2) is 0 Å². The van der Waals surface area contributed by atoms with Crippen LogP contribution in [0.2, 0.25) is 0 Å². The summed E-state index contributed by atoms with van der Waals surface area (Å²) < 4.78 is 19.6. The predicted octanol–water partition coefficient (Wildman–Crippen LogP) is 2.29. The van der Waals surface area contributed by atoms with Crippen molar-refractivity contribution < 1.29 is 9.13 Å². The zero-order chi connectivity index (χ0) is 13.7. The molecule has 19 heavy (non-hydrogen) atoms. The first kappa shape index (κ1) is 14.4. The Morgan fingerprint density at radius 1 is 1.42 bits per heavy atom. The van der Waals surface area contributed by atoms with E-state index in [1.165, 1.54) is 12.5 Å². The Morgan fingerprint density at radius 3 is 2.89 bits per heavy atom. The van der Waals surface area contributed by atoms with Gasteiger partial charge in [-0.2, -0.15) is 0 Å². The van der Waals surface area contributed by atoms with Gasteiger partial charge in [0.2, 0.25) is 0 Å². The summed E-state index contributed by atoms with van der Waals surface area (Å²) in [7, 11) is 2.01. The number of rotatable bonds is 5. The van der Waals surface area contributed by atoms with Crippen LogP contribution in [-0.4, -0.2) is 31.2 Å². The quantitative estimate of drug-likeness (QED) is 0.888. The van der Waals surface area contributed by atoms with Gasteiger partial charge in [-0.25, -0.2) is 4.39 Å². The number of hydrogen-bond acceptors (Lipinski definition) is 3. The van der Waals surface area contributed by atoms with Crippen LogP contribution in [0.4, 0.5) is 4.39 Å². The summed E-state index contributed by atoms with van der Waals surface area (Å²) in [4.78, 5) is 2.12. The standard InChI is InChI=1S/C15H23FN2O/c1-18(11-14-4-2-3-7-19-14)10-13-6-5-12(9-17)8-15(13)16/h5-6,8,14H,2-4,7,9-11,17H2,1H3. The van der Waals surface area contributed by atoms with Crippen molar-refractivity contribution in [2.75, 3.05) is 20.2 Å². The lowest BCUT2D eigenvalue weighted by Gasteiger charge is -2.27. The molecule has 1 atom stereocenters. The van der Waals surface area contributed by atoms with Crippen molar-refractivity contribution in [3.05, 3.63) is 35.1 Å². The Morgan fingerprint density at radius 2 is 2.26 bits per heavy atom. The number of likely N-dealkylation sites (N-methyl/N-ethyl adjacent to an activating group) is 1. The van der Waals surface area contributed by atoms with E-state index in [4.69, 9.17) is 10.5 Å². The minimum absolute atomic E-state index is 0.167. The van der Waals surface area contributed by atoms with Gasteiger partial charge in [-0.1, -0.05) is 12.1 Å².